The molecule has 0 aliphatic heterocycles. The fourth-order valence-electron chi connectivity index (χ4n) is 1.86. The summed E-state index contributed by atoms with van der Waals surface area (Å²) >= 11 is 0. The molecule has 0 fully saturated rings. The summed E-state index contributed by atoms with van der Waals surface area (Å²) in [6, 6.07) is 15.0. The van der Waals surface area contributed by atoms with Crippen LogP contribution in [0.4, 0.5) is 0 Å². The molecule has 3 aromatic rings. The number of nitrogens with one attached hydrogen (secondary N) is 2. The lowest BCUT2D eigenvalue weighted by Gasteiger charge is -2.05. The van der Waals surface area contributed by atoms with Crippen molar-refractivity contribution in [2.75, 3.05) is 0 Å². The maximum Gasteiger partial charge on any atom is 0.251 e. The van der Waals surface area contributed by atoms with Gasteiger partial charge in [-0.25, -0.2) is 0 Å². The van der Waals surface area contributed by atoms with Gasteiger partial charge in [-0.05, 0) is 23.8 Å². The van der Waals surface area contributed by atoms with Gasteiger partial charge in [0, 0.05) is 12.1 Å². The Morgan fingerprint density at radius 2 is 1.84 bits per heavy atom. The summed E-state index contributed by atoms with van der Waals surface area (Å²) < 4.78 is 0. The second-order valence-electron chi connectivity index (χ2n) is 4.20. The lowest BCUT2D eigenvalue weighted by Crippen LogP contribution is -2.22. The van der Waals surface area contributed by atoms with Gasteiger partial charge < -0.3 is 5.32 Å². The Labute approximate surface area is 109 Å². The van der Waals surface area contributed by atoms with Crippen LogP contribution in [0.2, 0.25) is 0 Å². The summed E-state index contributed by atoms with van der Waals surface area (Å²) in [7, 11) is 0. The smallest absolute Gasteiger partial charge is 0.251 e. The largest absolute Gasteiger partial charge is 0.348 e. The molecular weight excluding hydrogens is 240 g/mol. The maximum absolute atomic E-state index is 12.0. The standard InChI is InChI=1S/C14H12N4O/c19-14(15-9-10-4-2-1-3-5-10)11-6-7-12-13(8-11)17-18-16-12/h1-8H,9H2,(H,15,19)(H,16,17,18). The molecule has 94 valence electrons. The van der Waals surface area contributed by atoms with Crippen LogP contribution in [0.25, 0.3) is 11.0 Å². The zero-order chi connectivity index (χ0) is 13.1. The van der Waals surface area contributed by atoms with Gasteiger partial charge in [0.25, 0.3) is 5.91 Å². The van der Waals surface area contributed by atoms with E-state index >= 15 is 0 Å². The van der Waals surface area contributed by atoms with E-state index in [4.69, 9.17) is 0 Å². The maximum atomic E-state index is 12.0. The minimum atomic E-state index is -0.117. The zero-order valence-corrected chi connectivity index (χ0v) is 10.1. The first-order valence-electron chi connectivity index (χ1n) is 5.95. The summed E-state index contributed by atoms with van der Waals surface area (Å²) in [5.41, 5.74) is 3.09. The molecule has 1 amide bonds. The predicted octanol–water partition coefficient (Wildman–Crippen LogP) is 1.89. The van der Waals surface area contributed by atoms with Gasteiger partial charge in [0.05, 0.1) is 0 Å². The van der Waals surface area contributed by atoms with E-state index in [9.17, 15) is 4.79 Å². The monoisotopic (exact) mass is 252 g/mol. The molecule has 1 heterocycles. The molecule has 2 aromatic carbocycles. The number of hydrogen-bond donors (Lipinski definition) is 2. The number of carbonyl (C=O) groups is 1. The fraction of sp³-hybridized carbons (Fsp3) is 0.0714. The number of fused-ring (bicyclic) bond motifs is 1. The quantitative estimate of drug-likeness (QED) is 0.747. The molecule has 5 nitrogen and oxygen atoms in total. The van der Waals surface area contributed by atoms with Gasteiger partial charge >= 0.3 is 0 Å². The molecule has 0 saturated carbocycles. The molecule has 1 aromatic heterocycles. The van der Waals surface area contributed by atoms with Crippen molar-refractivity contribution >= 4 is 16.9 Å². The Hall–Kier alpha value is -2.69. The number of rotatable bonds is 3. The highest BCUT2D eigenvalue weighted by molar-refractivity contribution is 5.97. The average molecular weight is 252 g/mol. The number of hydrogen-bond acceptors (Lipinski definition) is 3. The van der Waals surface area contributed by atoms with E-state index in [1.807, 2.05) is 30.3 Å². The Balaban J connectivity index is 1.73. The lowest BCUT2D eigenvalue weighted by molar-refractivity contribution is 0.0951. The van der Waals surface area contributed by atoms with Crippen molar-refractivity contribution in [3.05, 3.63) is 59.7 Å². The Morgan fingerprint density at radius 1 is 1.05 bits per heavy atom. The molecule has 19 heavy (non-hydrogen) atoms. The van der Waals surface area contributed by atoms with Gasteiger partial charge in [0.15, 0.2) is 0 Å². The lowest BCUT2D eigenvalue weighted by atomic mass is 10.1. The molecule has 0 unspecified atom stereocenters. The van der Waals surface area contributed by atoms with Crippen molar-refractivity contribution in [2.45, 2.75) is 6.54 Å². The first kappa shape index (κ1) is 11.4. The highest BCUT2D eigenvalue weighted by atomic mass is 16.1. The van der Waals surface area contributed by atoms with Crippen LogP contribution in [0.5, 0.6) is 0 Å². The average Bonchev–Trinajstić information content (AvgIpc) is 2.93. The van der Waals surface area contributed by atoms with Crippen molar-refractivity contribution in [3.63, 3.8) is 0 Å². The summed E-state index contributed by atoms with van der Waals surface area (Å²) in [4.78, 5) is 12.0. The van der Waals surface area contributed by atoms with Crippen molar-refractivity contribution in [1.82, 2.24) is 20.7 Å². The van der Waals surface area contributed by atoms with Crippen LogP contribution >= 0.6 is 0 Å². The molecule has 0 spiro atoms. The predicted molar refractivity (Wildman–Crippen MR) is 71.5 cm³/mol. The second kappa shape index (κ2) is 4.89. The van der Waals surface area contributed by atoms with Crippen molar-refractivity contribution in [1.29, 1.82) is 0 Å². The summed E-state index contributed by atoms with van der Waals surface area (Å²) in [6.45, 7) is 0.510. The SMILES string of the molecule is O=C(NCc1ccccc1)c1ccc2n[nH]nc2c1. The minimum Gasteiger partial charge on any atom is -0.348 e. The minimum absolute atomic E-state index is 0.117. The molecule has 0 bridgehead atoms. The van der Waals surface area contributed by atoms with E-state index < -0.39 is 0 Å². The van der Waals surface area contributed by atoms with Gasteiger partial charge in [-0.15, -0.1) is 0 Å². The number of H-pyrrole nitrogens is 1. The van der Waals surface area contributed by atoms with Gasteiger partial charge in [0.1, 0.15) is 11.0 Å². The number of aromatic amines is 1. The van der Waals surface area contributed by atoms with Gasteiger partial charge in [0.2, 0.25) is 0 Å². The molecule has 3 rings (SSSR count). The van der Waals surface area contributed by atoms with Crippen molar-refractivity contribution in [2.24, 2.45) is 0 Å². The highest BCUT2D eigenvalue weighted by Crippen LogP contribution is 2.10. The Bertz CT molecular complexity index is 706. The highest BCUT2D eigenvalue weighted by Gasteiger charge is 2.07. The molecule has 0 aliphatic rings. The third-order valence-corrected chi connectivity index (χ3v) is 2.87. The van der Waals surface area contributed by atoms with E-state index in [1.165, 1.54) is 0 Å². The molecule has 0 aliphatic carbocycles. The van der Waals surface area contributed by atoms with E-state index in [1.54, 1.807) is 18.2 Å². The van der Waals surface area contributed by atoms with E-state index in [0.717, 1.165) is 11.1 Å². The second-order valence-corrected chi connectivity index (χ2v) is 4.20. The fourth-order valence-corrected chi connectivity index (χ4v) is 1.86. The topological polar surface area (TPSA) is 70.7 Å². The van der Waals surface area contributed by atoms with Gasteiger partial charge in [-0.1, -0.05) is 30.3 Å². The Morgan fingerprint density at radius 3 is 2.68 bits per heavy atom. The number of nitrogens with zero attached hydrogens (tertiary/aromatic N) is 2. The molecule has 2 N–H and O–H groups in total. The van der Waals surface area contributed by atoms with Gasteiger partial charge in [-0.2, -0.15) is 15.4 Å². The van der Waals surface area contributed by atoms with E-state index in [2.05, 4.69) is 20.7 Å². The van der Waals surface area contributed by atoms with Crippen LogP contribution in [0.3, 0.4) is 0 Å². The summed E-state index contributed by atoms with van der Waals surface area (Å²) in [6.07, 6.45) is 0. The van der Waals surface area contributed by atoms with Crippen molar-refractivity contribution < 1.29 is 4.79 Å². The summed E-state index contributed by atoms with van der Waals surface area (Å²) in [5, 5.41) is 13.3. The number of carbonyl (C=O) groups excluding carboxylic acids is 1. The molecule has 5 heteroatoms. The van der Waals surface area contributed by atoms with E-state index in [0.29, 0.717) is 17.6 Å². The van der Waals surface area contributed by atoms with Crippen LogP contribution in [-0.2, 0) is 6.54 Å². The van der Waals surface area contributed by atoms with Crippen LogP contribution < -0.4 is 5.32 Å². The van der Waals surface area contributed by atoms with Gasteiger partial charge in [-0.3, -0.25) is 4.79 Å². The molecule has 0 saturated heterocycles. The number of benzene rings is 2. The van der Waals surface area contributed by atoms with Crippen LogP contribution in [-0.4, -0.2) is 21.3 Å². The third-order valence-electron chi connectivity index (χ3n) is 2.87. The van der Waals surface area contributed by atoms with Crippen LogP contribution in [0.1, 0.15) is 15.9 Å². The molecular formula is C14H12N4O. The first-order valence-corrected chi connectivity index (χ1v) is 5.95. The van der Waals surface area contributed by atoms with E-state index in [-0.39, 0.29) is 5.91 Å². The summed E-state index contributed by atoms with van der Waals surface area (Å²) in [5.74, 6) is -0.117. The zero-order valence-electron chi connectivity index (χ0n) is 10.1. The molecule has 0 radical (unpaired) electrons. The van der Waals surface area contributed by atoms with Crippen molar-refractivity contribution in [3.8, 4) is 0 Å². The number of aromatic nitrogens is 3. The number of amides is 1. The third kappa shape index (κ3) is 2.44. The molecule has 0 atom stereocenters. The van der Waals surface area contributed by atoms with Crippen LogP contribution in [0, 0.1) is 0 Å². The van der Waals surface area contributed by atoms with Crippen LogP contribution in [0.15, 0.2) is 48.5 Å². The first-order chi connectivity index (χ1) is 9.33. The normalized spacial score (nSPS) is 10.5. The Kier molecular flexibility index (Phi) is 2.94.